The predicted molar refractivity (Wildman–Crippen MR) is 91.2 cm³/mol. The fourth-order valence-corrected chi connectivity index (χ4v) is 2.40. The number of benzene rings is 1. The van der Waals surface area contributed by atoms with E-state index in [9.17, 15) is 14.4 Å². The zero-order valence-corrected chi connectivity index (χ0v) is 14.7. The van der Waals surface area contributed by atoms with Crippen molar-refractivity contribution in [3.05, 3.63) is 35.9 Å². The lowest BCUT2D eigenvalue weighted by Crippen LogP contribution is -2.52. The van der Waals surface area contributed by atoms with Gasteiger partial charge in [0.05, 0.1) is 7.11 Å². The van der Waals surface area contributed by atoms with Gasteiger partial charge in [-0.2, -0.15) is 0 Å². The maximum absolute atomic E-state index is 12.6. The van der Waals surface area contributed by atoms with Crippen molar-refractivity contribution in [1.29, 1.82) is 0 Å². The third-order valence-corrected chi connectivity index (χ3v) is 3.49. The molecule has 6 heteroatoms. The van der Waals surface area contributed by atoms with E-state index in [2.05, 4.69) is 10.6 Å². The van der Waals surface area contributed by atoms with E-state index in [1.165, 1.54) is 14.0 Å². The van der Waals surface area contributed by atoms with Crippen LogP contribution in [0, 0.1) is 5.92 Å². The molecule has 0 aliphatic heterocycles. The lowest BCUT2D eigenvalue weighted by atomic mass is 10.0. The number of carbonyl (C=O) groups excluding carboxylic acids is 3. The van der Waals surface area contributed by atoms with Gasteiger partial charge in [0.15, 0.2) is 0 Å². The molecule has 0 saturated heterocycles. The van der Waals surface area contributed by atoms with Crippen LogP contribution in [0.3, 0.4) is 0 Å². The van der Waals surface area contributed by atoms with E-state index >= 15 is 0 Å². The third kappa shape index (κ3) is 6.81. The normalized spacial score (nSPS) is 13.0. The summed E-state index contributed by atoms with van der Waals surface area (Å²) in [6, 6.07) is 7.91. The molecule has 0 bridgehead atoms. The van der Waals surface area contributed by atoms with Crippen molar-refractivity contribution in [2.24, 2.45) is 5.92 Å². The molecule has 0 fully saturated rings. The van der Waals surface area contributed by atoms with Gasteiger partial charge in [-0.05, 0) is 17.9 Å². The largest absolute Gasteiger partial charge is 0.467 e. The van der Waals surface area contributed by atoms with Crippen LogP contribution in [0.2, 0.25) is 0 Å². The van der Waals surface area contributed by atoms with Gasteiger partial charge in [0.25, 0.3) is 0 Å². The standard InChI is InChI=1S/C18H26N2O4/c1-12(2)10-16(18(23)24-4)20-17(22)15(19-13(3)21)11-14-8-6-5-7-9-14/h5-9,12,15-16H,10-11H2,1-4H3,(H,19,21)(H,20,22)/t15-,16-/m1/s1. The molecule has 1 rings (SSSR count). The molecule has 0 saturated carbocycles. The second kappa shape index (κ2) is 9.70. The summed E-state index contributed by atoms with van der Waals surface area (Å²) in [5.41, 5.74) is 0.921. The number of hydrogen-bond acceptors (Lipinski definition) is 4. The second-order valence-corrected chi connectivity index (χ2v) is 6.16. The third-order valence-electron chi connectivity index (χ3n) is 3.49. The van der Waals surface area contributed by atoms with E-state index in [4.69, 9.17) is 4.74 Å². The van der Waals surface area contributed by atoms with Gasteiger partial charge in [-0.3, -0.25) is 9.59 Å². The Bertz CT molecular complexity index is 557. The molecule has 0 aliphatic rings. The van der Waals surface area contributed by atoms with Crippen LogP contribution < -0.4 is 10.6 Å². The molecule has 0 aliphatic carbocycles. The van der Waals surface area contributed by atoms with Gasteiger partial charge in [0.1, 0.15) is 12.1 Å². The molecule has 2 atom stereocenters. The van der Waals surface area contributed by atoms with Gasteiger partial charge in [-0.1, -0.05) is 44.2 Å². The molecule has 0 unspecified atom stereocenters. The Morgan fingerprint density at radius 3 is 2.17 bits per heavy atom. The van der Waals surface area contributed by atoms with Gasteiger partial charge < -0.3 is 15.4 Å². The highest BCUT2D eigenvalue weighted by Gasteiger charge is 2.27. The Kier molecular flexibility index (Phi) is 7.95. The van der Waals surface area contributed by atoms with Crippen LogP contribution in [-0.4, -0.2) is 37.0 Å². The molecule has 1 aromatic rings. The Morgan fingerprint density at radius 1 is 1.04 bits per heavy atom. The van der Waals surface area contributed by atoms with Crippen LogP contribution in [0.25, 0.3) is 0 Å². The van der Waals surface area contributed by atoms with E-state index < -0.39 is 24.0 Å². The lowest BCUT2D eigenvalue weighted by Gasteiger charge is -2.23. The lowest BCUT2D eigenvalue weighted by molar-refractivity contribution is -0.145. The van der Waals surface area contributed by atoms with E-state index in [1.54, 1.807) is 0 Å². The highest BCUT2D eigenvalue weighted by atomic mass is 16.5. The number of rotatable bonds is 8. The van der Waals surface area contributed by atoms with Crippen molar-refractivity contribution in [1.82, 2.24) is 10.6 Å². The Balaban J connectivity index is 2.85. The highest BCUT2D eigenvalue weighted by molar-refractivity contribution is 5.90. The summed E-state index contributed by atoms with van der Waals surface area (Å²) >= 11 is 0. The number of amides is 2. The number of methoxy groups -OCH3 is 1. The summed E-state index contributed by atoms with van der Waals surface area (Å²) in [6.07, 6.45) is 0.818. The van der Waals surface area contributed by atoms with Crippen molar-refractivity contribution in [2.45, 2.75) is 45.7 Å². The van der Waals surface area contributed by atoms with E-state index in [1.807, 2.05) is 44.2 Å². The van der Waals surface area contributed by atoms with Crippen LogP contribution in [0.5, 0.6) is 0 Å². The molecule has 6 nitrogen and oxygen atoms in total. The van der Waals surface area contributed by atoms with Crippen LogP contribution in [0.15, 0.2) is 30.3 Å². The summed E-state index contributed by atoms with van der Waals surface area (Å²) in [5, 5.41) is 5.34. The summed E-state index contributed by atoms with van der Waals surface area (Å²) in [5.74, 6) is -0.976. The smallest absolute Gasteiger partial charge is 0.328 e. The minimum absolute atomic E-state index is 0.211. The number of esters is 1. The van der Waals surface area contributed by atoms with E-state index in [-0.39, 0.29) is 11.8 Å². The molecule has 1 aromatic carbocycles. The quantitative estimate of drug-likeness (QED) is 0.705. The van der Waals surface area contributed by atoms with Gasteiger partial charge >= 0.3 is 5.97 Å². The minimum Gasteiger partial charge on any atom is -0.467 e. The molecule has 0 heterocycles. The first-order valence-electron chi connectivity index (χ1n) is 8.02. The SMILES string of the molecule is COC(=O)[C@@H](CC(C)C)NC(=O)[C@@H](Cc1ccccc1)NC(C)=O. The first kappa shape index (κ1) is 19.7. The van der Waals surface area contributed by atoms with Crippen molar-refractivity contribution in [3.8, 4) is 0 Å². The average molecular weight is 334 g/mol. The molecule has 0 aromatic heterocycles. The predicted octanol–water partition coefficient (Wildman–Crippen LogP) is 1.44. The average Bonchev–Trinajstić information content (AvgIpc) is 2.53. The highest BCUT2D eigenvalue weighted by Crippen LogP contribution is 2.08. The van der Waals surface area contributed by atoms with Crippen molar-refractivity contribution in [3.63, 3.8) is 0 Å². The van der Waals surface area contributed by atoms with Gasteiger partial charge in [0, 0.05) is 13.3 Å². The summed E-state index contributed by atoms with van der Waals surface area (Å²) < 4.78 is 4.75. The molecule has 0 radical (unpaired) electrons. The Morgan fingerprint density at radius 2 is 1.67 bits per heavy atom. The number of ether oxygens (including phenoxy) is 1. The maximum atomic E-state index is 12.6. The number of nitrogens with one attached hydrogen (secondary N) is 2. The first-order chi connectivity index (χ1) is 11.3. The van der Waals surface area contributed by atoms with Crippen molar-refractivity contribution in [2.75, 3.05) is 7.11 Å². The zero-order valence-electron chi connectivity index (χ0n) is 14.7. The topological polar surface area (TPSA) is 84.5 Å². The molecule has 2 N–H and O–H groups in total. The van der Waals surface area contributed by atoms with Crippen LogP contribution in [0.1, 0.15) is 32.8 Å². The monoisotopic (exact) mass is 334 g/mol. The summed E-state index contributed by atoms with van der Waals surface area (Å²) in [6.45, 7) is 5.27. The summed E-state index contributed by atoms with van der Waals surface area (Å²) in [7, 11) is 1.29. The number of hydrogen-bond donors (Lipinski definition) is 2. The molecular weight excluding hydrogens is 308 g/mol. The van der Waals surface area contributed by atoms with Crippen LogP contribution in [0.4, 0.5) is 0 Å². The van der Waals surface area contributed by atoms with Crippen LogP contribution in [-0.2, 0) is 25.5 Å². The molecule has 24 heavy (non-hydrogen) atoms. The van der Waals surface area contributed by atoms with Gasteiger partial charge in [-0.15, -0.1) is 0 Å². The Hall–Kier alpha value is -2.37. The summed E-state index contributed by atoms with van der Waals surface area (Å²) in [4.78, 5) is 35.8. The zero-order chi connectivity index (χ0) is 18.1. The van der Waals surface area contributed by atoms with Crippen LogP contribution >= 0.6 is 0 Å². The Labute approximate surface area is 143 Å². The van der Waals surface area contributed by atoms with Crippen molar-refractivity contribution < 1.29 is 19.1 Å². The molecule has 0 spiro atoms. The fraction of sp³-hybridized carbons (Fsp3) is 0.500. The fourth-order valence-electron chi connectivity index (χ4n) is 2.40. The molecule has 132 valence electrons. The van der Waals surface area contributed by atoms with Gasteiger partial charge in [0.2, 0.25) is 11.8 Å². The molecular formula is C18H26N2O4. The van der Waals surface area contributed by atoms with E-state index in [0.29, 0.717) is 12.8 Å². The first-order valence-corrected chi connectivity index (χ1v) is 8.02. The van der Waals surface area contributed by atoms with Crippen molar-refractivity contribution >= 4 is 17.8 Å². The van der Waals surface area contributed by atoms with E-state index in [0.717, 1.165) is 5.56 Å². The minimum atomic E-state index is -0.746. The molecule has 2 amide bonds. The second-order valence-electron chi connectivity index (χ2n) is 6.16. The number of carbonyl (C=O) groups is 3. The van der Waals surface area contributed by atoms with Gasteiger partial charge in [-0.25, -0.2) is 4.79 Å². The maximum Gasteiger partial charge on any atom is 0.328 e.